The summed E-state index contributed by atoms with van der Waals surface area (Å²) in [4.78, 5) is 11.9. The van der Waals surface area contributed by atoms with Crippen LogP contribution < -0.4 is 10.6 Å². The Morgan fingerprint density at radius 3 is 2.27 bits per heavy atom. The van der Waals surface area contributed by atoms with Crippen molar-refractivity contribution in [3.8, 4) is 11.4 Å². The van der Waals surface area contributed by atoms with Crippen molar-refractivity contribution in [2.75, 3.05) is 23.8 Å². The van der Waals surface area contributed by atoms with E-state index in [-0.39, 0.29) is 17.3 Å². The summed E-state index contributed by atoms with van der Waals surface area (Å²) in [6.07, 6.45) is 2.81. The second-order valence-corrected chi connectivity index (χ2v) is 11.5. The van der Waals surface area contributed by atoms with Crippen LogP contribution in [0.4, 0.5) is 11.5 Å². The van der Waals surface area contributed by atoms with E-state index >= 15 is 0 Å². The Kier molecular flexibility index (Phi) is 4.56. The zero-order chi connectivity index (χ0) is 21.1. The monoisotopic (exact) mass is 428 g/mol. The van der Waals surface area contributed by atoms with Crippen LogP contribution in [0.3, 0.4) is 0 Å². The molecule has 2 heterocycles. The molecule has 3 fully saturated rings. The number of hydrogen-bond donors (Lipinski definition) is 1. The Hall–Kier alpha value is -2.19. The van der Waals surface area contributed by atoms with Crippen LogP contribution in [0.2, 0.25) is 0 Å². The van der Waals surface area contributed by atoms with E-state index in [9.17, 15) is 8.42 Å². The van der Waals surface area contributed by atoms with Gasteiger partial charge < -0.3 is 15.4 Å². The lowest BCUT2D eigenvalue weighted by atomic mass is 10.1. The zero-order valence-electron chi connectivity index (χ0n) is 17.4. The summed E-state index contributed by atoms with van der Waals surface area (Å²) < 4.78 is 31.4. The predicted octanol–water partition coefficient (Wildman–Crippen LogP) is 2.91. The van der Waals surface area contributed by atoms with Crippen LogP contribution in [0, 0.1) is 0 Å². The maximum atomic E-state index is 13.3. The normalized spacial score (nSPS) is 25.9. The molecule has 3 aliphatic rings. The lowest BCUT2D eigenvalue weighted by Crippen LogP contribution is -2.50. The number of anilines is 2. The van der Waals surface area contributed by atoms with Crippen molar-refractivity contribution in [2.45, 2.75) is 61.6 Å². The Balaban J connectivity index is 1.65. The molecule has 1 aromatic heterocycles. The molecule has 8 heteroatoms. The van der Waals surface area contributed by atoms with E-state index < -0.39 is 14.6 Å². The van der Waals surface area contributed by atoms with E-state index in [1.165, 1.54) is 0 Å². The molecule has 1 saturated heterocycles. The molecule has 160 valence electrons. The molecule has 7 nitrogen and oxygen atoms in total. The van der Waals surface area contributed by atoms with Gasteiger partial charge in [0.05, 0.1) is 36.2 Å². The molecule has 2 aromatic rings. The summed E-state index contributed by atoms with van der Waals surface area (Å²) in [5.41, 5.74) is 7.99. The van der Waals surface area contributed by atoms with Crippen LogP contribution >= 0.6 is 0 Å². The topological polar surface area (TPSA) is 98.4 Å². The Labute approximate surface area is 177 Å². The summed E-state index contributed by atoms with van der Waals surface area (Å²) in [5.74, 6) is 1.32. The van der Waals surface area contributed by atoms with Gasteiger partial charge in [-0.3, -0.25) is 0 Å². The molecule has 0 amide bonds. The molecule has 0 unspecified atom stereocenters. The van der Waals surface area contributed by atoms with Crippen LogP contribution in [-0.2, 0) is 19.3 Å². The van der Waals surface area contributed by atoms with E-state index in [4.69, 9.17) is 20.4 Å². The Bertz CT molecular complexity index is 1050. The van der Waals surface area contributed by atoms with Crippen molar-refractivity contribution in [3.63, 3.8) is 0 Å². The molecule has 0 spiro atoms. The van der Waals surface area contributed by atoms with E-state index in [2.05, 4.69) is 18.7 Å². The third kappa shape index (κ3) is 3.17. The van der Waals surface area contributed by atoms with Gasteiger partial charge in [0.25, 0.3) is 0 Å². The van der Waals surface area contributed by atoms with Gasteiger partial charge in [-0.25, -0.2) is 18.4 Å². The minimum absolute atomic E-state index is 0.144. The summed E-state index contributed by atoms with van der Waals surface area (Å²) in [6, 6.07) is 9.61. The van der Waals surface area contributed by atoms with Gasteiger partial charge in [-0.1, -0.05) is 0 Å². The number of nitrogen functional groups attached to an aromatic ring is 1. The SMILES string of the molecule is C[C@H]1COC[C@H](C)N1c1cc(C2(S(=O)(=O)C3CC3)CC2)nc(-c2ccc(N)cc2)n1. The first-order valence-corrected chi connectivity index (χ1v) is 12.2. The fraction of sp³-hybridized carbons (Fsp3) is 0.545. The number of hydrogen-bond acceptors (Lipinski definition) is 7. The van der Waals surface area contributed by atoms with E-state index in [0.717, 1.165) is 24.2 Å². The van der Waals surface area contributed by atoms with Crippen molar-refractivity contribution < 1.29 is 13.2 Å². The van der Waals surface area contributed by atoms with Crippen molar-refractivity contribution in [1.29, 1.82) is 0 Å². The molecule has 5 rings (SSSR count). The molecule has 1 aliphatic heterocycles. The molecule has 0 radical (unpaired) electrons. The van der Waals surface area contributed by atoms with Gasteiger partial charge in [-0.2, -0.15) is 0 Å². The molecule has 2 saturated carbocycles. The van der Waals surface area contributed by atoms with Gasteiger partial charge in [0.2, 0.25) is 0 Å². The predicted molar refractivity (Wildman–Crippen MR) is 117 cm³/mol. The van der Waals surface area contributed by atoms with Gasteiger partial charge in [0, 0.05) is 17.3 Å². The first kappa shape index (κ1) is 19.8. The van der Waals surface area contributed by atoms with Crippen molar-refractivity contribution in [3.05, 3.63) is 36.0 Å². The molecule has 1 aromatic carbocycles. The molecule has 2 N–H and O–H groups in total. The van der Waals surface area contributed by atoms with Gasteiger partial charge >= 0.3 is 0 Å². The number of nitrogens with zero attached hydrogens (tertiary/aromatic N) is 3. The van der Waals surface area contributed by atoms with E-state index in [1.807, 2.05) is 30.3 Å². The lowest BCUT2D eigenvalue weighted by Gasteiger charge is -2.40. The quantitative estimate of drug-likeness (QED) is 0.731. The Morgan fingerprint density at radius 2 is 1.70 bits per heavy atom. The number of benzene rings is 1. The number of aromatic nitrogens is 2. The third-order valence-corrected chi connectivity index (χ3v) is 9.55. The van der Waals surface area contributed by atoms with E-state index in [0.29, 0.717) is 43.3 Å². The second-order valence-electron chi connectivity index (χ2n) is 8.94. The Morgan fingerprint density at radius 1 is 1.07 bits per heavy atom. The van der Waals surface area contributed by atoms with Crippen molar-refractivity contribution in [2.24, 2.45) is 0 Å². The van der Waals surface area contributed by atoms with Crippen LogP contribution in [0.1, 0.15) is 45.2 Å². The highest BCUT2D eigenvalue weighted by molar-refractivity contribution is 7.93. The van der Waals surface area contributed by atoms with E-state index in [1.54, 1.807) is 0 Å². The van der Waals surface area contributed by atoms with Gasteiger partial charge in [-0.15, -0.1) is 0 Å². The van der Waals surface area contributed by atoms with Crippen molar-refractivity contribution in [1.82, 2.24) is 9.97 Å². The lowest BCUT2D eigenvalue weighted by molar-refractivity contribution is 0.0752. The first-order valence-electron chi connectivity index (χ1n) is 10.7. The average Bonchev–Trinajstić information content (AvgIpc) is 3.61. The fourth-order valence-electron chi connectivity index (χ4n) is 4.51. The number of ether oxygens (including phenoxy) is 1. The molecular formula is C22H28N4O3S. The standard InChI is InChI=1S/C22H28N4O3S/c1-14-12-29-13-15(2)26(14)20-11-19(22(9-10-22)30(27,28)18-7-8-18)24-21(25-20)16-3-5-17(23)6-4-16/h3-6,11,14-15,18H,7-10,12-13,23H2,1-2H3/t14-,15-/m0/s1. The molecule has 0 bridgehead atoms. The number of sulfone groups is 1. The van der Waals surface area contributed by atoms with Crippen LogP contribution in [0.25, 0.3) is 11.4 Å². The molecular weight excluding hydrogens is 400 g/mol. The largest absolute Gasteiger partial charge is 0.399 e. The minimum atomic E-state index is -3.24. The second kappa shape index (κ2) is 6.92. The highest BCUT2D eigenvalue weighted by Crippen LogP contribution is 2.57. The highest BCUT2D eigenvalue weighted by atomic mass is 32.2. The molecule has 30 heavy (non-hydrogen) atoms. The number of nitrogens with two attached hydrogens (primary N) is 1. The first-order chi connectivity index (χ1) is 14.3. The highest BCUT2D eigenvalue weighted by Gasteiger charge is 2.61. The zero-order valence-corrected chi connectivity index (χ0v) is 18.2. The summed E-state index contributed by atoms with van der Waals surface area (Å²) in [6.45, 7) is 5.45. The fourth-order valence-corrected chi connectivity index (χ4v) is 6.98. The summed E-state index contributed by atoms with van der Waals surface area (Å²) in [5, 5.41) is -0.209. The number of rotatable bonds is 5. The van der Waals surface area contributed by atoms with Crippen LogP contribution in [-0.4, -0.2) is 48.9 Å². The summed E-state index contributed by atoms with van der Waals surface area (Å²) >= 11 is 0. The molecule has 2 aliphatic carbocycles. The van der Waals surface area contributed by atoms with Crippen LogP contribution in [0.5, 0.6) is 0 Å². The maximum Gasteiger partial charge on any atom is 0.164 e. The molecule has 2 atom stereocenters. The summed E-state index contributed by atoms with van der Waals surface area (Å²) in [7, 11) is -3.24. The van der Waals surface area contributed by atoms with Crippen molar-refractivity contribution >= 4 is 21.3 Å². The third-order valence-electron chi connectivity index (χ3n) is 6.49. The maximum absolute atomic E-state index is 13.3. The minimum Gasteiger partial charge on any atom is -0.399 e. The van der Waals surface area contributed by atoms with Gasteiger partial charge in [-0.05, 0) is 63.8 Å². The van der Waals surface area contributed by atoms with Gasteiger partial charge in [0.1, 0.15) is 10.6 Å². The van der Waals surface area contributed by atoms with Gasteiger partial charge in [0.15, 0.2) is 15.7 Å². The smallest absolute Gasteiger partial charge is 0.164 e. The number of morpholine rings is 1. The average molecular weight is 429 g/mol. The van der Waals surface area contributed by atoms with Crippen LogP contribution in [0.15, 0.2) is 30.3 Å².